The lowest BCUT2D eigenvalue weighted by Crippen LogP contribution is -2.35. The van der Waals surface area contributed by atoms with Gasteiger partial charge in [-0.05, 0) is 67.1 Å². The Balaban J connectivity index is 1.68. The van der Waals surface area contributed by atoms with Crippen LogP contribution in [-0.4, -0.2) is 0 Å². The van der Waals surface area contributed by atoms with E-state index >= 15 is 0 Å². The molecule has 0 amide bonds. The molecule has 0 saturated heterocycles. The molecule has 0 spiro atoms. The van der Waals surface area contributed by atoms with E-state index in [-0.39, 0.29) is 14.4 Å². The molecule has 29 heavy (non-hydrogen) atoms. The van der Waals surface area contributed by atoms with Gasteiger partial charge in [0.2, 0.25) is 0 Å². The third kappa shape index (κ3) is 3.64. The molecule has 2 aliphatic carbocycles. The highest BCUT2D eigenvalue weighted by molar-refractivity contribution is 8.11. The summed E-state index contributed by atoms with van der Waals surface area (Å²) in [5.41, 5.74) is 3.38. The summed E-state index contributed by atoms with van der Waals surface area (Å²) in [6.07, 6.45) is 16.7. The van der Waals surface area contributed by atoms with Crippen molar-refractivity contribution in [1.29, 1.82) is 0 Å². The van der Waals surface area contributed by atoms with Gasteiger partial charge in [0.05, 0.1) is 0 Å². The first kappa shape index (κ1) is 21.5. The summed E-state index contributed by atoms with van der Waals surface area (Å²) >= 11 is 0. The van der Waals surface area contributed by atoms with Crippen LogP contribution in [0.15, 0.2) is 30.3 Å². The van der Waals surface area contributed by atoms with Crippen LogP contribution in [0.3, 0.4) is 0 Å². The fourth-order valence-electron chi connectivity index (χ4n) is 6.07. The van der Waals surface area contributed by atoms with Crippen molar-refractivity contribution in [3.05, 3.63) is 52.1 Å². The Morgan fingerprint density at radius 2 is 1.66 bits per heavy atom. The minimum Gasteiger partial charge on any atom is -0.0991 e. The smallest absolute Gasteiger partial charge is 0.00688 e. The lowest BCUT2D eigenvalue weighted by molar-refractivity contribution is 0.314. The van der Waals surface area contributed by atoms with E-state index in [1.54, 1.807) is 5.56 Å². The zero-order valence-corrected chi connectivity index (χ0v) is 21.0. The first-order valence-corrected chi connectivity index (χ1v) is 15.8. The molecule has 2 aliphatic rings. The van der Waals surface area contributed by atoms with Crippen molar-refractivity contribution in [2.24, 2.45) is 11.8 Å². The Bertz CT molecular complexity index is 850. The summed E-state index contributed by atoms with van der Waals surface area (Å²) < 4.78 is 0. The highest BCUT2D eigenvalue weighted by Crippen LogP contribution is 2.75. The predicted molar refractivity (Wildman–Crippen MR) is 134 cm³/mol. The van der Waals surface area contributed by atoms with E-state index in [1.165, 1.54) is 56.4 Å². The highest BCUT2D eigenvalue weighted by atomic mass is 31.9. The van der Waals surface area contributed by atoms with Crippen LogP contribution in [0.5, 0.6) is 0 Å². The lowest BCUT2D eigenvalue weighted by atomic mass is 9.69. The van der Waals surface area contributed by atoms with E-state index in [9.17, 15) is 0 Å². The van der Waals surface area contributed by atoms with Crippen molar-refractivity contribution in [1.82, 2.24) is 0 Å². The average molecular weight is 427 g/mol. The van der Waals surface area contributed by atoms with Crippen LogP contribution in [-0.2, 0) is 17.7 Å². The average Bonchev–Trinajstić information content (AvgIpc) is 2.97. The lowest BCUT2D eigenvalue weighted by Gasteiger charge is -2.45. The third-order valence-corrected chi connectivity index (χ3v) is 16.7. The zero-order valence-electron chi connectivity index (χ0n) is 19.2. The van der Waals surface area contributed by atoms with Crippen LogP contribution in [0.25, 0.3) is 6.08 Å². The number of benzene rings is 1. The normalized spacial score (nSPS) is 29.2. The number of unbranched alkanes of at least 4 members (excludes halogenated alkanes) is 3. The fourth-order valence-corrected chi connectivity index (χ4v) is 16.0. The molecule has 2 aromatic rings. The van der Waals surface area contributed by atoms with Crippen molar-refractivity contribution >= 4 is 20.5 Å². The molecule has 1 saturated carbocycles. The Labute approximate surface area is 181 Å². The maximum Gasteiger partial charge on any atom is 0.00688 e. The van der Waals surface area contributed by atoms with Crippen molar-refractivity contribution in [2.75, 3.05) is 0 Å². The van der Waals surface area contributed by atoms with E-state index in [2.05, 4.69) is 71.0 Å². The maximum atomic E-state index is 2.66. The van der Waals surface area contributed by atoms with Gasteiger partial charge in [-0.2, -0.15) is 0 Å². The molecule has 0 N–H and O–H groups in total. The number of rotatable bonds is 8. The molecule has 0 aliphatic heterocycles. The van der Waals surface area contributed by atoms with Gasteiger partial charge >= 0.3 is 0 Å². The number of allylic oxidation sites excluding steroid dienone is 1. The summed E-state index contributed by atoms with van der Waals surface area (Å²) in [7, 11) is 0.320. The van der Waals surface area contributed by atoms with Crippen LogP contribution in [0.1, 0.15) is 93.9 Å². The van der Waals surface area contributed by atoms with Gasteiger partial charge in [0.25, 0.3) is 0 Å². The Morgan fingerprint density at radius 3 is 2.34 bits per heavy atom. The van der Waals surface area contributed by atoms with Crippen LogP contribution < -0.4 is 0 Å². The van der Waals surface area contributed by atoms with E-state index in [1.807, 2.05) is 10.6 Å². The van der Waals surface area contributed by atoms with E-state index in [0.29, 0.717) is 5.41 Å². The highest BCUT2D eigenvalue weighted by Gasteiger charge is 2.54. The van der Waals surface area contributed by atoms with Gasteiger partial charge in [0.1, 0.15) is 0 Å². The second-order valence-corrected chi connectivity index (χ2v) is 16.1. The Kier molecular flexibility index (Phi) is 6.54. The fraction of sp³-hybridized carbons (Fsp3) is 0.630. The van der Waals surface area contributed by atoms with Gasteiger partial charge in [-0.1, -0.05) is 103 Å². The molecule has 1 aromatic carbocycles. The molecule has 4 rings (SSSR count). The van der Waals surface area contributed by atoms with Crippen molar-refractivity contribution in [3.8, 4) is 0 Å². The third-order valence-electron chi connectivity index (χ3n) is 8.10. The monoisotopic (exact) mass is 426 g/mol. The molecule has 0 radical (unpaired) electrons. The molecule has 158 valence electrons. The summed E-state index contributed by atoms with van der Waals surface area (Å²) in [4.78, 5) is 0. The maximum absolute atomic E-state index is 2.66. The Morgan fingerprint density at radius 1 is 0.966 bits per heavy atom. The molecule has 1 fully saturated rings. The van der Waals surface area contributed by atoms with E-state index in [0.717, 1.165) is 17.8 Å². The molecule has 6 unspecified atom stereocenters. The first-order chi connectivity index (χ1) is 14.0. The second-order valence-electron chi connectivity index (χ2n) is 9.83. The molecule has 6 atom stereocenters. The summed E-state index contributed by atoms with van der Waals surface area (Å²) in [5.74, 6) is 2.23. The van der Waals surface area contributed by atoms with Gasteiger partial charge in [0, 0.05) is 10.7 Å². The minimum atomic E-state index is 0.152. The van der Waals surface area contributed by atoms with Crippen LogP contribution in [0.4, 0.5) is 0 Å². The van der Waals surface area contributed by atoms with E-state index in [4.69, 9.17) is 0 Å². The van der Waals surface area contributed by atoms with Gasteiger partial charge in [0.15, 0.2) is 0 Å². The van der Waals surface area contributed by atoms with E-state index < -0.39 is 0 Å². The van der Waals surface area contributed by atoms with Crippen LogP contribution in [0.2, 0.25) is 0 Å². The molecule has 1 heterocycles. The van der Waals surface area contributed by atoms with Gasteiger partial charge < -0.3 is 0 Å². The number of aryl methyl sites for hydroxylation is 1. The topological polar surface area (TPSA) is 0 Å². The van der Waals surface area contributed by atoms with Gasteiger partial charge in [-0.15, -0.1) is 0 Å². The summed E-state index contributed by atoms with van der Waals surface area (Å²) in [5, 5.41) is 3.84. The molecular weight excluding hydrogens is 386 g/mol. The van der Waals surface area contributed by atoms with Gasteiger partial charge in [-0.25, -0.2) is 0 Å². The molecular formula is C27H40P2. The predicted octanol–water partition coefficient (Wildman–Crippen LogP) is 9.68. The first-order valence-electron chi connectivity index (χ1n) is 12.1. The molecule has 0 bridgehead atoms. The van der Waals surface area contributed by atoms with Crippen LogP contribution >= 0.6 is 14.4 Å². The second kappa shape index (κ2) is 8.81. The van der Waals surface area contributed by atoms with Gasteiger partial charge in [-0.3, -0.25) is 0 Å². The Hall–Kier alpha value is -0.700. The van der Waals surface area contributed by atoms with Crippen LogP contribution in [0, 0.1) is 18.8 Å². The standard InChI is InChI=1S/C27H40P2/c1-6-8-10-18-28-25-16-15-23-19-24(22-13-11-20(3)12-14-22)21(4)27(23,5)26(25)29(28)17-9-7-2/h11-16,21,23-24H,6-10,17-19H2,1-5H3. The molecule has 2 heteroatoms. The number of hydrogen-bond acceptors (Lipinski definition) is 0. The molecule has 1 aromatic heterocycles. The zero-order chi connectivity index (χ0) is 20.6. The molecule has 0 nitrogen and oxygen atoms in total. The van der Waals surface area contributed by atoms with Crippen molar-refractivity contribution in [3.63, 3.8) is 0 Å². The largest absolute Gasteiger partial charge is 0.0991 e. The number of hydrogen-bond donors (Lipinski definition) is 0. The quantitative estimate of drug-likeness (QED) is 0.369. The summed E-state index contributed by atoms with van der Waals surface area (Å²) in [6.45, 7) is 12.2. The van der Waals surface area contributed by atoms with Crippen molar-refractivity contribution < 1.29 is 0 Å². The minimum absolute atomic E-state index is 0.152. The number of fused-ring (bicyclic) bond motifs is 3. The van der Waals surface area contributed by atoms with Crippen molar-refractivity contribution in [2.45, 2.75) is 96.8 Å². The SMILES string of the molecule is CCCCCp1c2c(p1CCCC)C1(C)C(C=C2)CC(c2ccc(C)cc2)C1C. The summed E-state index contributed by atoms with van der Waals surface area (Å²) in [6, 6.07) is 9.46.